The minimum absolute atomic E-state index is 0.0438. The van der Waals surface area contributed by atoms with E-state index in [0.717, 1.165) is 18.4 Å². The van der Waals surface area contributed by atoms with Crippen molar-refractivity contribution in [2.45, 2.75) is 45.6 Å². The minimum Gasteiger partial charge on any atom is -0.469 e. The van der Waals surface area contributed by atoms with Gasteiger partial charge in [0.25, 0.3) is 0 Å². The summed E-state index contributed by atoms with van der Waals surface area (Å²) >= 11 is 0. The molecule has 0 N–H and O–H groups in total. The van der Waals surface area contributed by atoms with Gasteiger partial charge in [0.2, 0.25) is 5.95 Å². The maximum absolute atomic E-state index is 11.8. The number of ether oxygens (including phenoxy) is 2. The predicted molar refractivity (Wildman–Crippen MR) is 88.5 cm³/mol. The molecule has 1 fully saturated rings. The summed E-state index contributed by atoms with van der Waals surface area (Å²) in [7, 11) is 1.42. The van der Waals surface area contributed by atoms with Crippen LogP contribution < -0.4 is 4.90 Å². The number of anilines is 1. The van der Waals surface area contributed by atoms with Crippen molar-refractivity contribution in [1.29, 1.82) is 0 Å². The number of aromatic nitrogens is 2. The molecule has 1 saturated heterocycles. The summed E-state index contributed by atoms with van der Waals surface area (Å²) in [5.41, 5.74) is 0.222. The van der Waals surface area contributed by atoms with E-state index in [2.05, 4.69) is 9.97 Å². The van der Waals surface area contributed by atoms with E-state index in [1.54, 1.807) is 12.4 Å². The Bertz CT molecular complexity index is 572. The molecule has 1 aliphatic heterocycles. The van der Waals surface area contributed by atoms with E-state index >= 15 is 0 Å². The zero-order valence-electron chi connectivity index (χ0n) is 14.7. The second-order valence-corrected chi connectivity index (χ2v) is 6.94. The standard InChI is InChI=1S/C17H25N3O4/c1-17(2,3)24-14(21)9-12-10-18-16(19-11-12)20-7-5-13(6-8-20)15(22)23-4/h10-11,13H,5-9H2,1-4H3. The molecule has 0 aromatic carbocycles. The van der Waals surface area contributed by atoms with Crippen molar-refractivity contribution in [3.8, 4) is 0 Å². The first-order valence-electron chi connectivity index (χ1n) is 8.14. The van der Waals surface area contributed by atoms with Gasteiger partial charge in [-0.3, -0.25) is 9.59 Å². The SMILES string of the molecule is COC(=O)C1CCN(c2ncc(CC(=O)OC(C)(C)C)cn2)CC1. The number of methoxy groups -OCH3 is 1. The average molecular weight is 335 g/mol. The first kappa shape index (κ1) is 18.2. The lowest BCUT2D eigenvalue weighted by Gasteiger charge is -2.30. The van der Waals surface area contributed by atoms with Gasteiger partial charge in [0, 0.05) is 31.0 Å². The number of esters is 2. The van der Waals surface area contributed by atoms with Gasteiger partial charge in [0.05, 0.1) is 19.4 Å². The number of nitrogens with zero attached hydrogens (tertiary/aromatic N) is 3. The van der Waals surface area contributed by atoms with Gasteiger partial charge >= 0.3 is 11.9 Å². The molecule has 2 rings (SSSR count). The van der Waals surface area contributed by atoms with Crippen molar-refractivity contribution >= 4 is 17.9 Å². The van der Waals surface area contributed by atoms with Crippen LogP contribution in [0.25, 0.3) is 0 Å². The minimum atomic E-state index is -0.498. The molecule has 24 heavy (non-hydrogen) atoms. The highest BCUT2D eigenvalue weighted by Gasteiger charge is 2.26. The Balaban J connectivity index is 1.89. The lowest BCUT2D eigenvalue weighted by Crippen LogP contribution is -2.37. The highest BCUT2D eigenvalue weighted by Crippen LogP contribution is 2.21. The third-order valence-corrected chi connectivity index (χ3v) is 3.77. The normalized spacial score (nSPS) is 15.9. The van der Waals surface area contributed by atoms with Crippen LogP contribution in [0.1, 0.15) is 39.2 Å². The van der Waals surface area contributed by atoms with E-state index in [1.807, 2.05) is 25.7 Å². The Labute approximate surface area is 142 Å². The highest BCUT2D eigenvalue weighted by molar-refractivity contribution is 5.73. The van der Waals surface area contributed by atoms with E-state index < -0.39 is 5.60 Å². The third-order valence-electron chi connectivity index (χ3n) is 3.77. The molecule has 0 unspecified atom stereocenters. The van der Waals surface area contributed by atoms with E-state index in [9.17, 15) is 9.59 Å². The summed E-state index contributed by atoms with van der Waals surface area (Å²) in [5.74, 6) is 0.130. The first-order chi connectivity index (χ1) is 11.3. The van der Waals surface area contributed by atoms with Crippen LogP contribution in [-0.4, -0.2) is 47.7 Å². The Morgan fingerprint density at radius 1 is 1.21 bits per heavy atom. The molecule has 0 radical (unpaired) electrons. The largest absolute Gasteiger partial charge is 0.469 e. The zero-order chi connectivity index (χ0) is 17.7. The predicted octanol–water partition coefficient (Wildman–Crippen LogP) is 1.75. The van der Waals surface area contributed by atoms with Crippen molar-refractivity contribution in [3.05, 3.63) is 18.0 Å². The first-order valence-corrected chi connectivity index (χ1v) is 8.14. The highest BCUT2D eigenvalue weighted by atomic mass is 16.6. The Kier molecular flexibility index (Phi) is 5.75. The summed E-state index contributed by atoms with van der Waals surface area (Å²) in [5, 5.41) is 0. The van der Waals surface area contributed by atoms with Crippen molar-refractivity contribution in [2.75, 3.05) is 25.1 Å². The number of carbonyl (C=O) groups is 2. The Morgan fingerprint density at radius 3 is 2.29 bits per heavy atom. The fourth-order valence-electron chi connectivity index (χ4n) is 2.63. The van der Waals surface area contributed by atoms with Gasteiger partial charge in [-0.2, -0.15) is 0 Å². The molecule has 1 aromatic rings. The molecule has 1 aliphatic rings. The van der Waals surface area contributed by atoms with Crippen LogP contribution in [-0.2, 0) is 25.5 Å². The van der Waals surface area contributed by atoms with Gasteiger partial charge in [-0.25, -0.2) is 9.97 Å². The molecule has 0 aliphatic carbocycles. The summed E-state index contributed by atoms with van der Waals surface area (Å²) in [6.45, 7) is 6.93. The fraction of sp³-hybridized carbons (Fsp3) is 0.647. The second kappa shape index (κ2) is 7.59. The lowest BCUT2D eigenvalue weighted by molar-refractivity contribution is -0.154. The topological polar surface area (TPSA) is 81.6 Å². The molecule has 0 amide bonds. The summed E-state index contributed by atoms with van der Waals surface area (Å²) < 4.78 is 10.1. The maximum atomic E-state index is 11.8. The van der Waals surface area contributed by atoms with Crippen LogP contribution in [0.3, 0.4) is 0 Å². The summed E-state index contributed by atoms with van der Waals surface area (Å²) in [6.07, 6.45) is 4.92. The van der Waals surface area contributed by atoms with E-state index in [-0.39, 0.29) is 24.3 Å². The van der Waals surface area contributed by atoms with Crippen molar-refractivity contribution in [1.82, 2.24) is 9.97 Å². The molecule has 0 spiro atoms. The molecule has 132 valence electrons. The van der Waals surface area contributed by atoms with Crippen LogP contribution in [0.2, 0.25) is 0 Å². The van der Waals surface area contributed by atoms with Crippen LogP contribution >= 0.6 is 0 Å². The van der Waals surface area contributed by atoms with E-state index in [4.69, 9.17) is 9.47 Å². The number of carbonyl (C=O) groups excluding carboxylic acids is 2. The number of hydrogen-bond acceptors (Lipinski definition) is 7. The quantitative estimate of drug-likeness (QED) is 0.775. The van der Waals surface area contributed by atoms with Gasteiger partial charge in [-0.1, -0.05) is 0 Å². The molecule has 0 saturated carbocycles. The van der Waals surface area contributed by atoms with Crippen molar-refractivity contribution < 1.29 is 19.1 Å². The smallest absolute Gasteiger partial charge is 0.310 e. The number of piperidine rings is 1. The van der Waals surface area contributed by atoms with Gasteiger partial charge in [0.15, 0.2) is 0 Å². The Morgan fingerprint density at radius 2 is 1.79 bits per heavy atom. The molecule has 0 atom stereocenters. The third kappa shape index (κ3) is 5.18. The van der Waals surface area contributed by atoms with Crippen LogP contribution in [0.4, 0.5) is 5.95 Å². The molecule has 1 aromatic heterocycles. The van der Waals surface area contributed by atoms with E-state index in [1.165, 1.54) is 7.11 Å². The molecule has 0 bridgehead atoms. The molecule has 7 heteroatoms. The summed E-state index contributed by atoms with van der Waals surface area (Å²) in [4.78, 5) is 34.1. The van der Waals surface area contributed by atoms with Crippen LogP contribution in [0.5, 0.6) is 0 Å². The van der Waals surface area contributed by atoms with Crippen LogP contribution in [0, 0.1) is 5.92 Å². The van der Waals surface area contributed by atoms with Gasteiger partial charge in [-0.05, 0) is 33.6 Å². The Hall–Kier alpha value is -2.18. The fourth-order valence-corrected chi connectivity index (χ4v) is 2.63. The average Bonchev–Trinajstić information content (AvgIpc) is 2.53. The molecular formula is C17H25N3O4. The van der Waals surface area contributed by atoms with E-state index in [0.29, 0.717) is 19.0 Å². The number of hydrogen-bond donors (Lipinski definition) is 0. The number of rotatable bonds is 4. The summed E-state index contributed by atoms with van der Waals surface area (Å²) in [6, 6.07) is 0. The van der Waals surface area contributed by atoms with Crippen molar-refractivity contribution in [2.24, 2.45) is 5.92 Å². The second-order valence-electron chi connectivity index (χ2n) is 6.94. The lowest BCUT2D eigenvalue weighted by atomic mass is 9.97. The molecule has 2 heterocycles. The van der Waals surface area contributed by atoms with Gasteiger partial charge in [0.1, 0.15) is 5.60 Å². The van der Waals surface area contributed by atoms with Crippen molar-refractivity contribution in [3.63, 3.8) is 0 Å². The van der Waals surface area contributed by atoms with Gasteiger partial charge in [-0.15, -0.1) is 0 Å². The van der Waals surface area contributed by atoms with Gasteiger partial charge < -0.3 is 14.4 Å². The monoisotopic (exact) mass is 335 g/mol. The zero-order valence-corrected chi connectivity index (χ0v) is 14.7. The maximum Gasteiger partial charge on any atom is 0.310 e. The molecule has 7 nitrogen and oxygen atoms in total. The van der Waals surface area contributed by atoms with Crippen LogP contribution in [0.15, 0.2) is 12.4 Å². The molecular weight excluding hydrogens is 310 g/mol.